The number of rotatable bonds is 5. The standard InChI is InChI=1S/C20H26N2O2/c1-14-11-22(13-18(14)21)12-16-9-19(23-2)20(24-3)10-17(16)15-7-5-4-6-8-15/h4-10,14,18H,11-13,21H2,1-3H3. The average Bonchev–Trinajstić information content (AvgIpc) is 2.92. The second-order valence-electron chi connectivity index (χ2n) is 6.57. The maximum atomic E-state index is 6.19. The summed E-state index contributed by atoms with van der Waals surface area (Å²) in [4.78, 5) is 2.42. The molecule has 0 radical (unpaired) electrons. The van der Waals surface area contributed by atoms with Gasteiger partial charge in [-0.05, 0) is 34.7 Å². The minimum atomic E-state index is 0.255. The number of likely N-dealkylation sites (tertiary alicyclic amines) is 1. The van der Waals surface area contributed by atoms with E-state index in [-0.39, 0.29) is 6.04 Å². The molecule has 128 valence electrons. The molecule has 0 saturated carbocycles. The molecule has 2 N–H and O–H groups in total. The highest BCUT2D eigenvalue weighted by Crippen LogP contribution is 2.36. The molecule has 4 heteroatoms. The summed E-state index contributed by atoms with van der Waals surface area (Å²) < 4.78 is 11.0. The number of nitrogens with zero attached hydrogens (tertiary/aromatic N) is 1. The molecular weight excluding hydrogens is 300 g/mol. The first-order valence-electron chi connectivity index (χ1n) is 8.40. The van der Waals surface area contributed by atoms with Crippen molar-refractivity contribution in [3.8, 4) is 22.6 Å². The summed E-state index contributed by atoms with van der Waals surface area (Å²) in [6.45, 7) is 5.05. The van der Waals surface area contributed by atoms with E-state index in [9.17, 15) is 0 Å². The molecule has 2 atom stereocenters. The van der Waals surface area contributed by atoms with Gasteiger partial charge in [0.15, 0.2) is 11.5 Å². The smallest absolute Gasteiger partial charge is 0.161 e. The van der Waals surface area contributed by atoms with Crippen LogP contribution in [0.15, 0.2) is 42.5 Å². The van der Waals surface area contributed by atoms with Crippen LogP contribution in [0.3, 0.4) is 0 Å². The van der Waals surface area contributed by atoms with Crippen LogP contribution in [-0.2, 0) is 6.54 Å². The Bertz CT molecular complexity index is 678. The number of methoxy groups -OCH3 is 2. The maximum absolute atomic E-state index is 6.19. The van der Waals surface area contributed by atoms with Crippen LogP contribution in [0.1, 0.15) is 12.5 Å². The second kappa shape index (κ2) is 7.24. The van der Waals surface area contributed by atoms with Crippen molar-refractivity contribution in [2.24, 2.45) is 11.7 Å². The number of ether oxygens (including phenoxy) is 2. The lowest BCUT2D eigenvalue weighted by Gasteiger charge is -2.20. The largest absolute Gasteiger partial charge is 0.493 e. The highest BCUT2D eigenvalue weighted by Gasteiger charge is 2.27. The fourth-order valence-electron chi connectivity index (χ4n) is 3.40. The first kappa shape index (κ1) is 16.8. The number of hydrogen-bond donors (Lipinski definition) is 1. The van der Waals surface area contributed by atoms with Gasteiger partial charge in [0.2, 0.25) is 0 Å². The topological polar surface area (TPSA) is 47.7 Å². The lowest BCUT2D eigenvalue weighted by atomic mass is 9.98. The molecule has 1 fully saturated rings. The molecule has 0 aliphatic carbocycles. The molecule has 0 aromatic heterocycles. The Morgan fingerprint density at radius 2 is 1.71 bits per heavy atom. The summed E-state index contributed by atoms with van der Waals surface area (Å²) in [5, 5.41) is 0. The minimum absolute atomic E-state index is 0.255. The molecule has 1 saturated heterocycles. The van der Waals surface area contributed by atoms with Gasteiger partial charge in [-0.15, -0.1) is 0 Å². The summed E-state index contributed by atoms with van der Waals surface area (Å²) in [7, 11) is 3.35. The molecule has 0 amide bonds. The van der Waals surface area contributed by atoms with Crippen LogP contribution < -0.4 is 15.2 Å². The van der Waals surface area contributed by atoms with E-state index >= 15 is 0 Å². The van der Waals surface area contributed by atoms with E-state index in [0.29, 0.717) is 5.92 Å². The number of nitrogens with two attached hydrogens (primary N) is 1. The molecule has 1 heterocycles. The van der Waals surface area contributed by atoms with Gasteiger partial charge in [0, 0.05) is 25.7 Å². The minimum Gasteiger partial charge on any atom is -0.493 e. The Morgan fingerprint density at radius 3 is 2.29 bits per heavy atom. The van der Waals surface area contributed by atoms with E-state index in [4.69, 9.17) is 15.2 Å². The van der Waals surface area contributed by atoms with Crippen molar-refractivity contribution in [2.45, 2.75) is 19.5 Å². The molecular formula is C20H26N2O2. The maximum Gasteiger partial charge on any atom is 0.161 e. The second-order valence-corrected chi connectivity index (χ2v) is 6.57. The summed E-state index contributed by atoms with van der Waals surface area (Å²) in [5.74, 6) is 2.06. The van der Waals surface area contributed by atoms with Crippen LogP contribution in [0, 0.1) is 5.92 Å². The quantitative estimate of drug-likeness (QED) is 0.917. The van der Waals surface area contributed by atoms with E-state index in [1.807, 2.05) is 6.07 Å². The molecule has 3 rings (SSSR count). The third kappa shape index (κ3) is 3.40. The van der Waals surface area contributed by atoms with Crippen molar-refractivity contribution in [1.82, 2.24) is 4.90 Å². The Balaban J connectivity index is 1.99. The van der Waals surface area contributed by atoms with Crippen molar-refractivity contribution in [2.75, 3.05) is 27.3 Å². The van der Waals surface area contributed by atoms with E-state index < -0.39 is 0 Å². The zero-order valence-corrected chi connectivity index (χ0v) is 14.7. The third-order valence-electron chi connectivity index (χ3n) is 4.83. The zero-order valence-electron chi connectivity index (χ0n) is 14.7. The highest BCUT2D eigenvalue weighted by molar-refractivity contribution is 5.71. The first-order chi connectivity index (χ1) is 11.6. The Labute approximate surface area is 144 Å². The lowest BCUT2D eigenvalue weighted by molar-refractivity contribution is 0.317. The van der Waals surface area contributed by atoms with E-state index in [2.05, 4.69) is 48.2 Å². The van der Waals surface area contributed by atoms with Crippen LogP contribution in [-0.4, -0.2) is 38.3 Å². The monoisotopic (exact) mass is 326 g/mol. The van der Waals surface area contributed by atoms with Gasteiger partial charge in [-0.2, -0.15) is 0 Å². The highest BCUT2D eigenvalue weighted by atomic mass is 16.5. The molecule has 2 unspecified atom stereocenters. The van der Waals surface area contributed by atoms with Gasteiger partial charge in [0.25, 0.3) is 0 Å². The molecule has 1 aliphatic rings. The van der Waals surface area contributed by atoms with Crippen molar-refractivity contribution < 1.29 is 9.47 Å². The van der Waals surface area contributed by atoms with Gasteiger partial charge in [-0.25, -0.2) is 0 Å². The Kier molecular flexibility index (Phi) is 5.07. The average molecular weight is 326 g/mol. The van der Waals surface area contributed by atoms with E-state index in [0.717, 1.165) is 31.1 Å². The van der Waals surface area contributed by atoms with Gasteiger partial charge in [0.05, 0.1) is 14.2 Å². The van der Waals surface area contributed by atoms with Crippen LogP contribution >= 0.6 is 0 Å². The molecule has 1 aliphatic heterocycles. The first-order valence-corrected chi connectivity index (χ1v) is 8.40. The zero-order chi connectivity index (χ0) is 17.1. The Morgan fingerprint density at radius 1 is 1.04 bits per heavy atom. The van der Waals surface area contributed by atoms with Gasteiger partial charge in [-0.1, -0.05) is 37.3 Å². The van der Waals surface area contributed by atoms with Crippen molar-refractivity contribution in [3.05, 3.63) is 48.0 Å². The third-order valence-corrected chi connectivity index (χ3v) is 4.83. The van der Waals surface area contributed by atoms with Gasteiger partial charge >= 0.3 is 0 Å². The van der Waals surface area contributed by atoms with E-state index in [1.165, 1.54) is 16.7 Å². The Hall–Kier alpha value is -2.04. The predicted molar refractivity (Wildman–Crippen MR) is 97.4 cm³/mol. The van der Waals surface area contributed by atoms with Crippen molar-refractivity contribution in [3.63, 3.8) is 0 Å². The number of hydrogen-bond acceptors (Lipinski definition) is 4. The van der Waals surface area contributed by atoms with Crippen LogP contribution in [0.25, 0.3) is 11.1 Å². The predicted octanol–water partition coefficient (Wildman–Crippen LogP) is 3.15. The van der Waals surface area contributed by atoms with Crippen LogP contribution in [0.5, 0.6) is 11.5 Å². The van der Waals surface area contributed by atoms with Gasteiger partial charge < -0.3 is 15.2 Å². The molecule has 0 spiro atoms. The van der Waals surface area contributed by atoms with Crippen LogP contribution in [0.2, 0.25) is 0 Å². The molecule has 4 nitrogen and oxygen atoms in total. The fraction of sp³-hybridized carbons (Fsp3) is 0.400. The molecule has 24 heavy (non-hydrogen) atoms. The summed E-state index contributed by atoms with van der Waals surface area (Å²) in [5.41, 5.74) is 9.79. The number of benzene rings is 2. The van der Waals surface area contributed by atoms with Gasteiger partial charge in [-0.3, -0.25) is 4.90 Å². The summed E-state index contributed by atoms with van der Waals surface area (Å²) in [6.07, 6.45) is 0. The summed E-state index contributed by atoms with van der Waals surface area (Å²) >= 11 is 0. The van der Waals surface area contributed by atoms with Crippen LogP contribution in [0.4, 0.5) is 0 Å². The molecule has 2 aromatic carbocycles. The van der Waals surface area contributed by atoms with Crippen molar-refractivity contribution >= 4 is 0 Å². The van der Waals surface area contributed by atoms with E-state index in [1.54, 1.807) is 14.2 Å². The SMILES string of the molecule is COc1cc(CN2CC(C)C(N)C2)c(-c2ccccc2)cc1OC. The van der Waals surface area contributed by atoms with Gasteiger partial charge in [0.1, 0.15) is 0 Å². The fourth-order valence-corrected chi connectivity index (χ4v) is 3.40. The molecule has 2 aromatic rings. The van der Waals surface area contributed by atoms with Crippen molar-refractivity contribution in [1.29, 1.82) is 0 Å². The molecule has 0 bridgehead atoms. The lowest BCUT2D eigenvalue weighted by Crippen LogP contribution is -2.28. The normalized spacial score (nSPS) is 21.0. The summed E-state index contributed by atoms with van der Waals surface area (Å²) in [6, 6.07) is 14.8.